The van der Waals surface area contributed by atoms with Crippen molar-refractivity contribution >= 4 is 112 Å². The Morgan fingerprint density at radius 3 is 1.24 bits per heavy atom. The second-order valence-corrected chi connectivity index (χ2v) is 33.7. The van der Waals surface area contributed by atoms with Crippen LogP contribution in [0.3, 0.4) is 0 Å². The van der Waals surface area contributed by atoms with Gasteiger partial charge in [-0.05, 0) is 120 Å². The first-order valence-electron chi connectivity index (χ1n) is 38.1. The number of carbonyl (C=O) groups excluding carboxylic acids is 9. The molecule has 0 radical (unpaired) electrons. The summed E-state index contributed by atoms with van der Waals surface area (Å²) < 4.78 is 100. The van der Waals surface area contributed by atoms with E-state index in [0.29, 0.717) is 71.0 Å². The average Bonchev–Trinajstić information content (AvgIpc) is 0.788. The second kappa shape index (κ2) is 55.0. The minimum atomic E-state index is -4.80. The molecule has 121 heavy (non-hydrogen) atoms. The van der Waals surface area contributed by atoms with Crippen molar-refractivity contribution in [2.45, 2.75) is 125 Å². The molecule has 0 bridgehead atoms. The van der Waals surface area contributed by atoms with Gasteiger partial charge in [0.2, 0.25) is 27.7 Å². The summed E-state index contributed by atoms with van der Waals surface area (Å²) in [6.45, 7) is 11.7. The molecule has 44 heteroatoms. The minimum absolute atomic E-state index is 0. The lowest BCUT2D eigenvalue weighted by molar-refractivity contribution is -0.140. The zero-order chi connectivity index (χ0) is 88.0. The molecule has 0 aliphatic carbocycles. The highest BCUT2D eigenvalue weighted by Gasteiger charge is 2.32. The van der Waals surface area contributed by atoms with Gasteiger partial charge in [0, 0.05) is 142 Å². The predicted octanol–water partition coefficient (Wildman–Crippen LogP) is -1.46. The van der Waals surface area contributed by atoms with E-state index in [1.165, 1.54) is 56.6 Å². The summed E-state index contributed by atoms with van der Waals surface area (Å²) in [6.07, 6.45) is 1.10. The normalized spacial score (nSPS) is 16.0. The van der Waals surface area contributed by atoms with E-state index in [9.17, 15) is 113 Å². The van der Waals surface area contributed by atoms with Crippen molar-refractivity contribution in [1.29, 1.82) is 0 Å². The molecule has 2 saturated heterocycles. The van der Waals surface area contributed by atoms with E-state index in [0.717, 1.165) is 18.2 Å². The van der Waals surface area contributed by atoms with Gasteiger partial charge in [0.25, 0.3) is 26.1 Å². The molecule has 2 aromatic carbocycles. The first-order valence-corrected chi connectivity index (χ1v) is 42.8. The molecular formula is C77H125N15O26S3. The van der Waals surface area contributed by atoms with Crippen LogP contribution in [-0.2, 0) is 101 Å². The van der Waals surface area contributed by atoms with Crippen LogP contribution < -0.4 is 36.5 Å². The van der Waals surface area contributed by atoms with Crippen molar-refractivity contribution in [3.8, 4) is 5.75 Å². The van der Waals surface area contributed by atoms with Crippen molar-refractivity contribution in [1.82, 2.24) is 70.2 Å². The molecule has 2 aliphatic rings. The Morgan fingerprint density at radius 2 is 0.868 bits per heavy atom. The van der Waals surface area contributed by atoms with Gasteiger partial charge in [-0.3, -0.25) is 111 Å². The summed E-state index contributed by atoms with van der Waals surface area (Å²) in [5, 5.41) is 48.1. The van der Waals surface area contributed by atoms with Crippen LogP contribution in [0.25, 0.3) is 0 Å². The third-order valence-electron chi connectivity index (χ3n) is 18.5. The first kappa shape index (κ1) is 110. The molecule has 4 amide bonds. The lowest BCUT2D eigenvalue weighted by atomic mass is 10.1. The third kappa shape index (κ3) is 46.5. The number of nitrogens with two attached hydrogens (primary N) is 1. The zero-order valence-corrected chi connectivity index (χ0v) is 69.8. The molecule has 3 atom stereocenters. The molecule has 5 rings (SSSR count). The number of ether oxygens (including phenoxy) is 1. The van der Waals surface area contributed by atoms with E-state index in [1.54, 1.807) is 40.1 Å². The number of rotatable bonds is 43. The largest absolute Gasteiger partial charge is 0.494 e. The molecule has 2 fully saturated rings. The van der Waals surface area contributed by atoms with Gasteiger partial charge in [0.05, 0.1) is 63.9 Å². The van der Waals surface area contributed by atoms with Crippen LogP contribution >= 0.6 is 0 Å². The van der Waals surface area contributed by atoms with E-state index >= 15 is 0 Å². The van der Waals surface area contributed by atoms with Gasteiger partial charge in [-0.15, -0.1) is 0 Å². The fraction of sp³-hybridized carbons (Fsp3) is 0.610. The molecule has 2 aliphatic heterocycles. The van der Waals surface area contributed by atoms with Gasteiger partial charge in [-0.2, -0.15) is 21.6 Å². The van der Waals surface area contributed by atoms with Gasteiger partial charge < -0.3 is 52.2 Å². The van der Waals surface area contributed by atoms with Crippen molar-refractivity contribution in [3.05, 3.63) is 82.5 Å². The number of benzene rings is 2. The third-order valence-corrected chi connectivity index (χ3v) is 21.8. The summed E-state index contributed by atoms with van der Waals surface area (Å²) >= 11 is 0. The van der Waals surface area contributed by atoms with Gasteiger partial charge in [-0.25, -0.2) is 13.4 Å². The molecular weight excluding hydrogens is 1650 g/mol. The van der Waals surface area contributed by atoms with Crippen LogP contribution in [0.5, 0.6) is 5.75 Å². The lowest BCUT2D eigenvalue weighted by Gasteiger charge is -2.33. The highest BCUT2D eigenvalue weighted by atomic mass is 32.2. The quantitative estimate of drug-likeness (QED) is 0.0228. The molecule has 0 saturated carbocycles. The molecule has 682 valence electrons. The van der Waals surface area contributed by atoms with E-state index < -0.39 is 145 Å². The van der Waals surface area contributed by atoms with Crippen LogP contribution in [0.1, 0.15) is 108 Å². The summed E-state index contributed by atoms with van der Waals surface area (Å²) in [5.74, 6) is -10.2. The summed E-state index contributed by atoms with van der Waals surface area (Å²) in [7, 11) is -13.7. The number of anilines is 1. The summed E-state index contributed by atoms with van der Waals surface area (Å²) in [4.78, 5) is 177. The number of aromatic nitrogens is 1. The van der Waals surface area contributed by atoms with Gasteiger partial charge in [-0.1, -0.05) is 40.5 Å². The number of carbonyl (C=O) groups is 13. The molecule has 1 unspecified atom stereocenters. The lowest BCUT2D eigenvalue weighted by Crippen LogP contribution is -2.52. The Labute approximate surface area is 708 Å². The van der Waals surface area contributed by atoms with Crippen LogP contribution in [0, 0.1) is 13.8 Å². The Kier molecular flexibility index (Phi) is 49.8. The van der Waals surface area contributed by atoms with Crippen molar-refractivity contribution in [3.63, 3.8) is 0 Å². The summed E-state index contributed by atoms with van der Waals surface area (Å²) in [6, 6.07) is 10.1. The first-order chi connectivity index (χ1) is 55.3. The zero-order valence-electron chi connectivity index (χ0n) is 67.4. The number of amides is 4. The molecule has 13 N–H and O–H groups in total. The molecule has 41 nitrogen and oxygen atoms in total. The van der Waals surface area contributed by atoms with E-state index in [-0.39, 0.29) is 191 Å². The minimum Gasteiger partial charge on any atom is -0.494 e. The van der Waals surface area contributed by atoms with Gasteiger partial charge >= 0.3 is 23.9 Å². The number of hydrogen-bond donors (Lipinski definition) is 12. The number of nitrogens with one attached hydrogen (secondary N) is 5. The van der Waals surface area contributed by atoms with Crippen LogP contribution in [0.15, 0.2) is 59.5 Å². The maximum absolute atomic E-state index is 13.6. The number of carboxylic acid groups (broad SMARTS) is 4. The number of nitrogen functional groups attached to an aromatic ring is 1. The molecule has 0 spiro atoms. The number of ketones is 5. The fourth-order valence-corrected chi connectivity index (χ4v) is 15.8. The van der Waals surface area contributed by atoms with Crippen molar-refractivity contribution in [2.75, 3.05) is 194 Å². The molecule has 1 aromatic heterocycles. The maximum Gasteiger partial charge on any atom is 0.323 e. The Hall–Kier alpha value is -9.29. The van der Waals surface area contributed by atoms with E-state index in [4.69, 9.17) is 15.0 Å². The number of sulfonamides is 1. The topological polar surface area (TPSA) is 580 Å². The van der Waals surface area contributed by atoms with Crippen LogP contribution in [-0.4, -0.2) is 382 Å². The monoisotopic (exact) mass is 1770 g/mol. The smallest absolute Gasteiger partial charge is 0.323 e. The van der Waals surface area contributed by atoms with Crippen LogP contribution in [0.2, 0.25) is 0 Å². The Balaban J connectivity index is 0.00000154. The predicted molar refractivity (Wildman–Crippen MR) is 449 cm³/mol. The summed E-state index contributed by atoms with van der Waals surface area (Å²) in [5.41, 5.74) is 8.16. The number of nitrogens with zero attached hydrogens (tertiary/aromatic N) is 9. The highest BCUT2D eigenvalue weighted by molar-refractivity contribution is 7.89. The standard InChI is InChI=1S/C51H72N10O18S2.C23H41N5O8S.3CH4/c1-34-26-39(27-35(2)49(34)81(77,78)57-40(51(72)73)28-54-50(71)37-13-10-36(11-14-37)12-15-38-6-3-8-43(52)55-38)79-25-5-9-44(63)53-16-4-7-42(62)41(33-80(74,75)76)56-45(64)29-58-17-19-59(30-46(65)66)21-23-61(32-48(69)70)24-22-60(20-18-58)31-47(67)68;1-18(29)13-25-5-7-26(14-19(2)30)9-11-28(12-10-27(8-6-25)15-20(3)31)16-23(33)24-22(21(4)32)17-37(34,35)36;;;/h3,6,8,10-11,13-14,26-27,40-41,57H,4-5,7,9,12,15-25,28-33H2,1-2H3,(H2,52,55)(H,53,63)(H,54,71)(H,56,64)(H,65,66)(H,67,68)(H,69,70)(H,72,73)(H,74,75,76);22H,5-17H2,1-4H3,(H,24,33)(H,34,35,36);3*1H4/t40?,41-;22-;;;/m00.../s1. The van der Waals surface area contributed by atoms with Gasteiger partial charge in [0.1, 0.15) is 58.5 Å². The number of aryl methyl sites for hydroxylation is 4. The second-order valence-electron chi connectivity index (χ2n) is 29.1. The van der Waals surface area contributed by atoms with E-state index in [2.05, 4.69) is 31.0 Å². The number of aliphatic carboxylic acids is 4. The molecule has 3 aromatic rings. The Bertz CT molecular complexity index is 4210. The van der Waals surface area contributed by atoms with Gasteiger partial charge in [0.15, 0.2) is 11.6 Å². The number of carboxylic acids is 4. The van der Waals surface area contributed by atoms with Crippen molar-refractivity contribution in [2.24, 2.45) is 0 Å². The van der Waals surface area contributed by atoms with Crippen LogP contribution in [0.4, 0.5) is 5.82 Å². The Morgan fingerprint density at radius 1 is 0.479 bits per heavy atom. The molecule has 3 heterocycles. The maximum atomic E-state index is 13.6. The SMILES string of the molecule is C.C.C.CC(=O)CN1CCN(CC(C)=O)CCN(CC(=O)N[C@@H](CS(=O)(=O)O)C(C)=O)CCN(CC(C)=O)CC1.Cc1cc(OCCCC(=O)NCCCC(=O)[C@H](CS(=O)(=O)O)NC(=O)CN2CCN(CC(=O)O)CCN(CC(=O)O)CCN(CC(=O)O)CC2)cc(C)c1S(=O)(=O)NC(CNC(=O)c1ccc(CCc2cccc(N)n2)cc1)C(=O)O. The number of hydrogen-bond acceptors (Lipinski definition) is 30. The van der Waals surface area contributed by atoms with E-state index in [1.807, 2.05) is 31.7 Å². The van der Waals surface area contributed by atoms with Crippen molar-refractivity contribution < 1.29 is 122 Å². The highest BCUT2D eigenvalue weighted by Crippen LogP contribution is 2.27. The average molecular weight is 1770 g/mol. The fourth-order valence-electron chi connectivity index (χ4n) is 12.8. The number of pyridine rings is 1. The number of Topliss-reactive ketones (excluding diaryl/α,β-unsaturated/α-hetero) is 5.